The van der Waals surface area contributed by atoms with Crippen molar-refractivity contribution in [3.05, 3.63) is 106 Å². The molecular weight excluding hydrogens is 513 g/mol. The zero-order valence-corrected chi connectivity index (χ0v) is 21.2. The maximum absolute atomic E-state index is 12.9. The van der Waals surface area contributed by atoms with Crippen molar-refractivity contribution in [3.8, 4) is 0 Å². The molecule has 2 atom stereocenters. The van der Waals surface area contributed by atoms with Crippen LogP contribution in [0.4, 0.5) is 13.2 Å². The monoisotopic (exact) mass is 542 g/mol. The highest BCUT2D eigenvalue weighted by Crippen LogP contribution is 2.41. The third kappa shape index (κ3) is 5.65. The average molecular weight is 543 g/mol. The smallest absolute Gasteiger partial charge is 0.302 e. The normalized spacial score (nSPS) is 22.2. The fourth-order valence-corrected chi connectivity index (χ4v) is 5.99. The van der Waals surface area contributed by atoms with E-state index in [2.05, 4.69) is 80.3 Å². The van der Waals surface area contributed by atoms with Crippen molar-refractivity contribution in [1.82, 2.24) is 9.80 Å². The molecule has 0 unspecified atom stereocenters. The van der Waals surface area contributed by atoms with Crippen LogP contribution in [0.3, 0.4) is 0 Å². The molecule has 0 amide bonds. The first-order chi connectivity index (χ1) is 16.9. The van der Waals surface area contributed by atoms with Crippen molar-refractivity contribution < 1.29 is 13.2 Å². The van der Waals surface area contributed by atoms with Gasteiger partial charge in [-0.15, -0.1) is 0 Å². The van der Waals surface area contributed by atoms with Crippen LogP contribution in [0.25, 0.3) is 0 Å². The second kappa shape index (κ2) is 10.5. The zero-order valence-electron chi connectivity index (χ0n) is 19.6. The fourth-order valence-electron chi connectivity index (χ4n) is 5.58. The lowest BCUT2D eigenvalue weighted by atomic mass is 9.85. The first-order valence-electron chi connectivity index (χ1n) is 12.3. The molecule has 0 bridgehead atoms. The Kier molecular flexibility index (Phi) is 7.33. The highest BCUT2D eigenvalue weighted by molar-refractivity contribution is 9.10. The molecule has 184 valence electrons. The largest absolute Gasteiger partial charge is 0.416 e. The van der Waals surface area contributed by atoms with Gasteiger partial charge in [0.05, 0.1) is 5.56 Å². The maximum Gasteiger partial charge on any atom is 0.416 e. The van der Waals surface area contributed by atoms with Crippen LogP contribution in [-0.2, 0) is 12.7 Å². The number of halogens is 4. The van der Waals surface area contributed by atoms with E-state index in [0.29, 0.717) is 18.0 Å². The number of piperidine rings is 1. The summed E-state index contributed by atoms with van der Waals surface area (Å²) in [6.45, 7) is 3.92. The van der Waals surface area contributed by atoms with Crippen LogP contribution in [0.1, 0.15) is 53.5 Å². The second-order valence-corrected chi connectivity index (χ2v) is 10.6. The molecule has 2 nitrogen and oxygen atoms in total. The molecule has 2 fully saturated rings. The van der Waals surface area contributed by atoms with E-state index >= 15 is 0 Å². The summed E-state index contributed by atoms with van der Waals surface area (Å²) in [5, 5.41) is 0. The molecule has 3 aromatic carbocycles. The highest BCUT2D eigenvalue weighted by Gasteiger charge is 2.40. The van der Waals surface area contributed by atoms with Crippen molar-refractivity contribution in [2.75, 3.05) is 19.6 Å². The van der Waals surface area contributed by atoms with Gasteiger partial charge < -0.3 is 4.90 Å². The lowest BCUT2D eigenvalue weighted by Crippen LogP contribution is -2.55. The standard InChI is InChI=1S/C29H30BrF3N2/c30-27-9-5-4-8-24(27)19-35-26(18-28(35)23-6-2-1-3-7-23)20-34-16-14-22(15-17-34)21-10-12-25(13-11-21)29(31,32)33/h1-13,22,26,28H,14-20H2/t26-,28+/m0/s1. The summed E-state index contributed by atoms with van der Waals surface area (Å²) < 4.78 is 39.8. The fraction of sp³-hybridized carbons (Fsp3) is 0.379. The van der Waals surface area contributed by atoms with E-state index < -0.39 is 11.7 Å². The lowest BCUT2D eigenvalue weighted by Gasteiger charge is -2.51. The van der Waals surface area contributed by atoms with Gasteiger partial charge in [0.1, 0.15) is 0 Å². The molecule has 2 heterocycles. The first-order valence-corrected chi connectivity index (χ1v) is 13.1. The Bertz CT molecular complexity index is 1110. The molecule has 0 radical (unpaired) electrons. The van der Waals surface area contributed by atoms with E-state index in [4.69, 9.17) is 0 Å². The molecule has 0 N–H and O–H groups in total. The molecule has 2 saturated heterocycles. The first kappa shape index (κ1) is 24.5. The SMILES string of the molecule is FC(F)(F)c1ccc(C2CCN(C[C@@H]3C[C@H](c4ccccc4)N3Cc3ccccc3Br)CC2)cc1. The van der Waals surface area contributed by atoms with Crippen molar-refractivity contribution in [2.24, 2.45) is 0 Å². The third-order valence-corrected chi connectivity index (χ3v) is 8.40. The van der Waals surface area contributed by atoms with Crippen molar-refractivity contribution in [2.45, 2.75) is 50.0 Å². The Morgan fingerprint density at radius 2 is 1.46 bits per heavy atom. The number of alkyl halides is 3. The summed E-state index contributed by atoms with van der Waals surface area (Å²) in [6, 6.07) is 25.9. The van der Waals surface area contributed by atoms with Gasteiger partial charge in [-0.3, -0.25) is 4.90 Å². The molecule has 0 spiro atoms. The van der Waals surface area contributed by atoms with E-state index in [1.54, 1.807) is 12.1 Å². The third-order valence-electron chi connectivity index (χ3n) is 7.63. The molecule has 6 heteroatoms. The lowest BCUT2D eigenvalue weighted by molar-refractivity contribution is -0.137. The maximum atomic E-state index is 12.9. The van der Waals surface area contributed by atoms with Crippen LogP contribution in [0, 0.1) is 0 Å². The minimum absolute atomic E-state index is 0.336. The summed E-state index contributed by atoms with van der Waals surface area (Å²) in [4.78, 5) is 5.16. The molecular formula is C29H30BrF3N2. The van der Waals surface area contributed by atoms with Gasteiger partial charge in [0.2, 0.25) is 0 Å². The summed E-state index contributed by atoms with van der Waals surface area (Å²) in [5.41, 5.74) is 3.14. The van der Waals surface area contributed by atoms with Crippen LogP contribution < -0.4 is 0 Å². The Morgan fingerprint density at radius 3 is 2.11 bits per heavy atom. The Hall–Kier alpha value is -2.15. The van der Waals surface area contributed by atoms with Crippen LogP contribution in [0.5, 0.6) is 0 Å². The Morgan fingerprint density at radius 1 is 0.800 bits per heavy atom. The highest BCUT2D eigenvalue weighted by atomic mass is 79.9. The van der Waals surface area contributed by atoms with Crippen LogP contribution >= 0.6 is 15.9 Å². The molecule has 35 heavy (non-hydrogen) atoms. The molecule has 0 aliphatic carbocycles. The van der Waals surface area contributed by atoms with Gasteiger partial charge in [-0.05, 0) is 73.2 Å². The van der Waals surface area contributed by atoms with Gasteiger partial charge in [-0.2, -0.15) is 13.2 Å². The number of rotatable bonds is 6. The number of benzene rings is 3. The molecule has 0 saturated carbocycles. The minimum Gasteiger partial charge on any atom is -0.302 e. The van der Waals surface area contributed by atoms with Gasteiger partial charge >= 0.3 is 6.18 Å². The van der Waals surface area contributed by atoms with Gasteiger partial charge in [0.25, 0.3) is 0 Å². The Labute approximate surface area is 213 Å². The average Bonchev–Trinajstić information content (AvgIpc) is 2.86. The van der Waals surface area contributed by atoms with Crippen LogP contribution in [0.2, 0.25) is 0 Å². The molecule has 2 aliphatic heterocycles. The topological polar surface area (TPSA) is 6.48 Å². The zero-order chi connectivity index (χ0) is 24.4. The second-order valence-electron chi connectivity index (χ2n) is 9.77. The molecule has 5 rings (SSSR count). The number of likely N-dealkylation sites (tertiary alicyclic amines) is 2. The predicted molar refractivity (Wildman–Crippen MR) is 137 cm³/mol. The van der Waals surface area contributed by atoms with Crippen molar-refractivity contribution in [3.63, 3.8) is 0 Å². The van der Waals surface area contributed by atoms with Gasteiger partial charge in [0.15, 0.2) is 0 Å². The number of hydrogen-bond acceptors (Lipinski definition) is 2. The molecule has 0 aromatic heterocycles. The summed E-state index contributed by atoms with van der Waals surface area (Å²) in [5.74, 6) is 0.336. The van der Waals surface area contributed by atoms with E-state index in [1.165, 1.54) is 23.3 Å². The number of nitrogens with zero attached hydrogens (tertiary/aromatic N) is 2. The molecule has 2 aliphatic rings. The summed E-state index contributed by atoms with van der Waals surface area (Å²) in [6.07, 6.45) is -1.15. The molecule has 3 aromatic rings. The van der Waals surface area contributed by atoms with Gasteiger partial charge in [0, 0.05) is 29.6 Å². The van der Waals surface area contributed by atoms with Crippen LogP contribution in [-0.4, -0.2) is 35.5 Å². The van der Waals surface area contributed by atoms with E-state index in [1.807, 2.05) is 0 Å². The van der Waals surface area contributed by atoms with Gasteiger partial charge in [-0.25, -0.2) is 0 Å². The van der Waals surface area contributed by atoms with E-state index in [-0.39, 0.29) is 0 Å². The predicted octanol–water partition coefficient (Wildman–Crippen LogP) is 7.66. The van der Waals surface area contributed by atoms with Crippen LogP contribution in [0.15, 0.2) is 83.3 Å². The van der Waals surface area contributed by atoms with Crippen molar-refractivity contribution in [1.29, 1.82) is 0 Å². The number of hydrogen-bond donors (Lipinski definition) is 0. The quantitative estimate of drug-likeness (QED) is 0.315. The summed E-state index contributed by atoms with van der Waals surface area (Å²) in [7, 11) is 0. The minimum atomic E-state index is -4.27. The Balaban J connectivity index is 1.21. The summed E-state index contributed by atoms with van der Waals surface area (Å²) >= 11 is 3.72. The van der Waals surface area contributed by atoms with E-state index in [9.17, 15) is 13.2 Å². The van der Waals surface area contributed by atoms with E-state index in [0.717, 1.165) is 55.5 Å². The van der Waals surface area contributed by atoms with Gasteiger partial charge in [-0.1, -0.05) is 76.6 Å². The van der Waals surface area contributed by atoms with Crippen molar-refractivity contribution >= 4 is 15.9 Å².